The summed E-state index contributed by atoms with van der Waals surface area (Å²) in [5.74, 6) is 0.504. The number of nitrogens with zero attached hydrogens (tertiary/aromatic N) is 2. The van der Waals surface area contributed by atoms with Crippen LogP contribution in [0.25, 0.3) is 0 Å². The number of hydrogen-bond acceptors (Lipinski definition) is 5. The molecule has 92 valence electrons. The molecule has 17 heavy (non-hydrogen) atoms. The molecule has 0 spiro atoms. The van der Waals surface area contributed by atoms with Crippen molar-refractivity contribution in [2.24, 2.45) is 0 Å². The average molecular weight is 256 g/mol. The third-order valence-corrected chi connectivity index (χ3v) is 2.31. The largest absolute Gasteiger partial charge is 0.396 e. The molecule has 0 fully saturated rings. The summed E-state index contributed by atoms with van der Waals surface area (Å²) in [6, 6.07) is 5.03. The van der Waals surface area contributed by atoms with Crippen LogP contribution in [0.15, 0.2) is 12.1 Å². The second-order valence-electron chi connectivity index (χ2n) is 3.48. The van der Waals surface area contributed by atoms with Crippen molar-refractivity contribution < 1.29 is 9.84 Å². The van der Waals surface area contributed by atoms with E-state index in [1.54, 1.807) is 13.2 Å². The van der Waals surface area contributed by atoms with E-state index in [2.05, 4.69) is 10.3 Å². The fraction of sp³-hybridized carbons (Fsp3) is 0.455. The van der Waals surface area contributed by atoms with E-state index < -0.39 is 0 Å². The average Bonchev–Trinajstić information content (AvgIpc) is 2.29. The monoisotopic (exact) mass is 255 g/mol. The van der Waals surface area contributed by atoms with Gasteiger partial charge in [-0.15, -0.1) is 0 Å². The Morgan fingerprint density at radius 1 is 1.65 bits per heavy atom. The number of aliphatic hydroxyl groups is 1. The summed E-state index contributed by atoms with van der Waals surface area (Å²) in [4.78, 5) is 4.05. The van der Waals surface area contributed by atoms with Crippen LogP contribution in [-0.4, -0.2) is 36.5 Å². The number of aromatic nitrogens is 1. The van der Waals surface area contributed by atoms with E-state index in [0.717, 1.165) is 0 Å². The van der Waals surface area contributed by atoms with Crippen molar-refractivity contribution in [3.8, 4) is 6.07 Å². The van der Waals surface area contributed by atoms with Crippen LogP contribution >= 0.6 is 11.6 Å². The van der Waals surface area contributed by atoms with Gasteiger partial charge in [-0.25, -0.2) is 4.98 Å². The summed E-state index contributed by atoms with van der Waals surface area (Å²) < 4.78 is 5.02. The first-order valence-electron chi connectivity index (χ1n) is 5.13. The molecule has 0 amide bonds. The van der Waals surface area contributed by atoms with Gasteiger partial charge in [0.2, 0.25) is 0 Å². The second kappa shape index (κ2) is 7.07. The highest BCUT2D eigenvalue weighted by Gasteiger charge is 2.09. The van der Waals surface area contributed by atoms with E-state index in [1.165, 1.54) is 6.07 Å². The third kappa shape index (κ3) is 4.57. The first-order valence-corrected chi connectivity index (χ1v) is 5.51. The topological polar surface area (TPSA) is 78.2 Å². The molecule has 6 heteroatoms. The van der Waals surface area contributed by atoms with E-state index >= 15 is 0 Å². The van der Waals surface area contributed by atoms with Crippen LogP contribution in [0.4, 0.5) is 5.82 Å². The van der Waals surface area contributed by atoms with Crippen LogP contribution in [0.2, 0.25) is 5.15 Å². The lowest BCUT2D eigenvalue weighted by atomic mass is 10.2. The van der Waals surface area contributed by atoms with Crippen LogP contribution in [0, 0.1) is 11.3 Å². The Morgan fingerprint density at radius 3 is 3.00 bits per heavy atom. The fourth-order valence-electron chi connectivity index (χ4n) is 1.40. The highest BCUT2D eigenvalue weighted by atomic mass is 35.5. The maximum Gasteiger partial charge on any atom is 0.132 e. The zero-order chi connectivity index (χ0) is 12.7. The van der Waals surface area contributed by atoms with Gasteiger partial charge in [-0.3, -0.25) is 0 Å². The zero-order valence-corrected chi connectivity index (χ0v) is 10.2. The van der Waals surface area contributed by atoms with E-state index in [9.17, 15) is 0 Å². The van der Waals surface area contributed by atoms with Gasteiger partial charge >= 0.3 is 0 Å². The molecule has 0 aliphatic carbocycles. The lowest BCUT2D eigenvalue weighted by molar-refractivity contribution is 0.170. The maximum atomic E-state index is 8.90. The summed E-state index contributed by atoms with van der Waals surface area (Å²) in [5, 5.41) is 21.0. The molecular weight excluding hydrogens is 242 g/mol. The number of methoxy groups -OCH3 is 1. The Hall–Kier alpha value is -1.35. The van der Waals surface area contributed by atoms with Gasteiger partial charge in [0.15, 0.2) is 0 Å². The summed E-state index contributed by atoms with van der Waals surface area (Å²) in [5.41, 5.74) is 0.438. The Morgan fingerprint density at radius 2 is 2.41 bits per heavy atom. The van der Waals surface area contributed by atoms with Crippen molar-refractivity contribution in [2.75, 3.05) is 25.6 Å². The van der Waals surface area contributed by atoms with Crippen molar-refractivity contribution >= 4 is 17.4 Å². The first-order chi connectivity index (χ1) is 8.19. The molecule has 1 rings (SSSR count). The van der Waals surface area contributed by atoms with E-state index in [0.29, 0.717) is 24.4 Å². The Kier molecular flexibility index (Phi) is 5.70. The van der Waals surface area contributed by atoms with Crippen molar-refractivity contribution in [2.45, 2.75) is 12.5 Å². The minimum atomic E-state index is -0.0671. The molecule has 1 unspecified atom stereocenters. The number of aliphatic hydroxyl groups excluding tert-OH is 1. The molecule has 2 N–H and O–H groups in total. The molecule has 1 aromatic heterocycles. The first kappa shape index (κ1) is 13.7. The van der Waals surface area contributed by atoms with Crippen molar-refractivity contribution in [3.63, 3.8) is 0 Å². The van der Waals surface area contributed by atoms with Gasteiger partial charge in [0.05, 0.1) is 24.3 Å². The minimum Gasteiger partial charge on any atom is -0.396 e. The van der Waals surface area contributed by atoms with Gasteiger partial charge < -0.3 is 15.2 Å². The Balaban J connectivity index is 2.78. The molecule has 0 aliphatic rings. The number of hydrogen-bond donors (Lipinski definition) is 2. The number of rotatable bonds is 6. The highest BCUT2D eigenvalue weighted by Crippen LogP contribution is 2.15. The number of ether oxygens (including phenoxy) is 1. The van der Waals surface area contributed by atoms with Crippen molar-refractivity contribution in [1.82, 2.24) is 4.98 Å². The fourth-order valence-corrected chi connectivity index (χ4v) is 1.61. The van der Waals surface area contributed by atoms with Gasteiger partial charge in [-0.1, -0.05) is 11.6 Å². The highest BCUT2D eigenvalue weighted by molar-refractivity contribution is 6.29. The minimum absolute atomic E-state index is 0.0483. The molecule has 0 saturated heterocycles. The van der Waals surface area contributed by atoms with Gasteiger partial charge in [0.25, 0.3) is 0 Å². The predicted molar refractivity (Wildman–Crippen MR) is 65.0 cm³/mol. The van der Waals surface area contributed by atoms with Gasteiger partial charge in [-0.05, 0) is 18.6 Å². The van der Waals surface area contributed by atoms with Crippen molar-refractivity contribution in [1.29, 1.82) is 5.26 Å². The maximum absolute atomic E-state index is 8.90. The van der Waals surface area contributed by atoms with Crippen LogP contribution in [0.5, 0.6) is 0 Å². The standard InChI is InChI=1S/C11H14ClN3O2/c1-17-7-9(2-3-16)14-11-5-8(6-13)4-10(12)15-11/h4-5,9,16H,2-3,7H2,1H3,(H,14,15). The van der Waals surface area contributed by atoms with E-state index in [1.807, 2.05) is 6.07 Å². The summed E-state index contributed by atoms with van der Waals surface area (Å²) in [6.07, 6.45) is 0.532. The molecule has 1 heterocycles. The number of pyridine rings is 1. The number of anilines is 1. The summed E-state index contributed by atoms with van der Waals surface area (Å²) in [6.45, 7) is 0.489. The number of nitriles is 1. The molecule has 5 nitrogen and oxygen atoms in total. The molecular formula is C11H14ClN3O2. The molecule has 0 radical (unpaired) electrons. The zero-order valence-electron chi connectivity index (χ0n) is 9.48. The SMILES string of the molecule is COCC(CCO)Nc1cc(C#N)cc(Cl)n1. The van der Waals surface area contributed by atoms with Crippen LogP contribution in [0.1, 0.15) is 12.0 Å². The van der Waals surface area contributed by atoms with E-state index in [4.69, 9.17) is 26.7 Å². The normalized spacial score (nSPS) is 11.9. The van der Waals surface area contributed by atoms with Gasteiger partial charge in [-0.2, -0.15) is 5.26 Å². The number of halogens is 1. The van der Waals surface area contributed by atoms with Crippen LogP contribution < -0.4 is 5.32 Å². The predicted octanol–water partition coefficient (Wildman–Crippen LogP) is 1.42. The summed E-state index contributed by atoms with van der Waals surface area (Å²) >= 11 is 5.78. The quantitative estimate of drug-likeness (QED) is 0.752. The molecule has 0 bridgehead atoms. The molecule has 0 aliphatic heterocycles. The Labute approximate surface area is 105 Å². The smallest absolute Gasteiger partial charge is 0.132 e. The van der Waals surface area contributed by atoms with Crippen molar-refractivity contribution in [3.05, 3.63) is 22.8 Å². The third-order valence-electron chi connectivity index (χ3n) is 2.12. The molecule has 0 saturated carbocycles. The lowest BCUT2D eigenvalue weighted by Crippen LogP contribution is -2.26. The lowest BCUT2D eigenvalue weighted by Gasteiger charge is -2.17. The molecule has 1 aromatic rings. The number of nitrogens with one attached hydrogen (secondary N) is 1. The summed E-state index contributed by atoms with van der Waals surface area (Å²) in [7, 11) is 1.58. The van der Waals surface area contributed by atoms with Gasteiger partial charge in [0, 0.05) is 13.7 Å². The Bertz CT molecular complexity index is 400. The van der Waals surface area contributed by atoms with E-state index in [-0.39, 0.29) is 17.8 Å². The second-order valence-corrected chi connectivity index (χ2v) is 3.87. The molecule has 0 aromatic carbocycles. The van der Waals surface area contributed by atoms with Crippen LogP contribution in [0.3, 0.4) is 0 Å². The van der Waals surface area contributed by atoms with Gasteiger partial charge in [0.1, 0.15) is 11.0 Å². The molecule has 1 atom stereocenters. The van der Waals surface area contributed by atoms with Crippen LogP contribution in [-0.2, 0) is 4.74 Å².